The van der Waals surface area contributed by atoms with Gasteiger partial charge in [-0.3, -0.25) is 0 Å². The van der Waals surface area contributed by atoms with E-state index in [1.807, 2.05) is 89.8 Å². The number of carbonyl (C=O) groups excluding carboxylic acids is 3. The summed E-state index contributed by atoms with van der Waals surface area (Å²) in [5.74, 6) is -0.157. The Balaban J connectivity index is 0.000000166. The Kier molecular flexibility index (Phi) is 24.9. The van der Waals surface area contributed by atoms with Crippen molar-refractivity contribution in [1.29, 1.82) is 0 Å². The van der Waals surface area contributed by atoms with Crippen LogP contribution in [0.4, 0.5) is 39.5 Å². The predicted molar refractivity (Wildman–Crippen MR) is 366 cm³/mol. The number of aliphatic hydroxyl groups is 2. The number of para-hydroxylation sites is 3. The van der Waals surface area contributed by atoms with E-state index in [2.05, 4.69) is 35.9 Å². The number of halogens is 10. The van der Waals surface area contributed by atoms with E-state index in [4.69, 9.17) is 28.4 Å². The number of hydrogen-bond acceptors (Lipinski definition) is 14. The molecule has 0 radical (unpaired) electrons. The van der Waals surface area contributed by atoms with Crippen molar-refractivity contribution >= 4 is 78.7 Å². The molecule has 0 bridgehead atoms. The number of fused-ring (bicyclic) bond motifs is 3. The van der Waals surface area contributed by atoms with Gasteiger partial charge in [0.25, 0.3) is 0 Å². The maximum Gasteiger partial charge on any atom is 0.417 e. The number of nitrogens with zero attached hydrogens (tertiary/aromatic N) is 5. The summed E-state index contributed by atoms with van der Waals surface area (Å²) < 4.78 is 149. The van der Waals surface area contributed by atoms with Gasteiger partial charge in [-0.25, -0.2) is 29.3 Å². The minimum Gasteiger partial charge on any atom is -0.464 e. The zero-order valence-corrected chi connectivity index (χ0v) is 55.5. The predicted octanol–water partition coefficient (Wildman–Crippen LogP) is 18.6. The van der Waals surface area contributed by atoms with E-state index in [0.717, 1.165) is 85.3 Å². The summed E-state index contributed by atoms with van der Waals surface area (Å²) in [6, 6.07) is 49.7. The fourth-order valence-corrected chi connectivity index (χ4v) is 9.97. The van der Waals surface area contributed by atoms with Gasteiger partial charge in [0.15, 0.2) is 6.10 Å². The van der Waals surface area contributed by atoms with Crippen LogP contribution in [0, 0.1) is 0 Å². The highest BCUT2D eigenvalue weighted by Crippen LogP contribution is 2.36. The normalized spacial score (nSPS) is 12.1. The lowest BCUT2D eigenvalue weighted by atomic mass is 10.0. The number of aliphatic hydroxyl groups excluding tert-OH is 2. The van der Waals surface area contributed by atoms with E-state index in [1.54, 1.807) is 116 Å². The first kappa shape index (κ1) is 74.7. The molecular formula is C75H60BrF9N6O11. The second-order valence-corrected chi connectivity index (χ2v) is 22.4. The number of benzene rings is 6. The number of alkyl halides is 9. The number of hydrogen-bond donors (Lipinski definition) is 3. The highest BCUT2D eigenvalue weighted by molar-refractivity contribution is 9.10. The Morgan fingerprint density at radius 1 is 0.480 bits per heavy atom. The molecule has 0 saturated heterocycles. The van der Waals surface area contributed by atoms with Crippen LogP contribution in [0.1, 0.15) is 60.3 Å². The molecule has 6 heterocycles. The molecule has 526 valence electrons. The van der Waals surface area contributed by atoms with Crippen LogP contribution in [-0.4, -0.2) is 83.1 Å². The third kappa shape index (κ3) is 20.1. The smallest absolute Gasteiger partial charge is 0.417 e. The highest BCUT2D eigenvalue weighted by atomic mass is 79.9. The molecule has 0 amide bonds. The van der Waals surface area contributed by atoms with Crippen LogP contribution in [-0.2, 0) is 47.1 Å². The highest BCUT2D eigenvalue weighted by Gasteiger charge is 2.33. The average Bonchev–Trinajstić information content (AvgIpc) is 1.63. The van der Waals surface area contributed by atoms with Gasteiger partial charge >= 0.3 is 36.4 Å². The van der Waals surface area contributed by atoms with E-state index < -0.39 is 59.4 Å². The van der Waals surface area contributed by atoms with Gasteiger partial charge in [-0.1, -0.05) is 70.5 Å². The summed E-state index contributed by atoms with van der Waals surface area (Å²) in [4.78, 5) is 48.9. The Labute approximate surface area is 584 Å². The first-order valence-corrected chi connectivity index (χ1v) is 31.7. The van der Waals surface area contributed by atoms with Crippen LogP contribution in [0.25, 0.3) is 56.2 Å². The van der Waals surface area contributed by atoms with Crippen LogP contribution in [0.2, 0.25) is 0 Å². The SMILES string of the molecule is CCOC(=O)/C=C/c1c[nH]c2ccccc12.CCOC(=O)/C=C/c1cn(-c2ccc(Oc3ccc(C(F)(F)F)cn3)cc2)c2ccccc12.CCOC(=O)[C@H](O)[C@@H](O)c1cn(-c2ccc(Oc3ccc(C(F)(F)F)cn3)cc2)c2ccccc12.FC(F)(F)c1ccc(Oc2ccc(Br)cc2)nc1. The molecule has 12 rings (SSSR count). The second kappa shape index (κ2) is 34.0. The standard InChI is InChI=1S/C25H21F3N2O5.C25H19F3N2O3.C13H13NO2.C12H7BrF3NO/c1-2-34-24(33)23(32)22(31)19-14-30(20-6-4-3-5-18(19)20)16-8-10-17(11-9-16)35-21-12-7-15(13-29-21)25(26,27)28;1-2-32-24(31)14-7-17-16-30(22-6-4-3-5-21(17)22)19-9-11-20(12-10-19)33-23-13-8-18(15-29-23)25(26,27)28;1-2-16-13(15)8-7-10-9-14-12-6-4-3-5-11(10)12;13-9-2-4-10(5-3-9)18-11-6-1-8(7-17-11)12(14,15)16/h3-14,22-23,31-32H,2H2,1H3;3-16H,2H2,1H3;3-9,14H,2H2,1H3;1-7H/b;14-7+;8-7+;/t22-,23+;;;/m0.../s1. The summed E-state index contributed by atoms with van der Waals surface area (Å²) in [5.41, 5.74) is 3.93. The van der Waals surface area contributed by atoms with Gasteiger partial charge in [0.2, 0.25) is 17.6 Å². The van der Waals surface area contributed by atoms with E-state index in [-0.39, 0.29) is 30.2 Å². The third-order valence-electron chi connectivity index (χ3n) is 14.5. The van der Waals surface area contributed by atoms with Crippen molar-refractivity contribution in [3.8, 4) is 46.3 Å². The lowest BCUT2D eigenvalue weighted by Crippen LogP contribution is -2.29. The molecule has 3 N–H and O–H groups in total. The minimum atomic E-state index is -4.48. The number of carbonyl (C=O) groups is 3. The molecule has 102 heavy (non-hydrogen) atoms. The van der Waals surface area contributed by atoms with Crippen LogP contribution in [0.5, 0.6) is 34.9 Å². The molecule has 27 heteroatoms. The molecule has 0 aliphatic carbocycles. The van der Waals surface area contributed by atoms with Crippen molar-refractivity contribution in [3.05, 3.63) is 269 Å². The Bertz CT molecular complexity index is 4830. The summed E-state index contributed by atoms with van der Waals surface area (Å²) in [6.07, 6.45) is -2.67. The first-order chi connectivity index (χ1) is 48.8. The van der Waals surface area contributed by atoms with Crippen molar-refractivity contribution in [3.63, 3.8) is 0 Å². The Hall–Kier alpha value is -11.6. The van der Waals surface area contributed by atoms with Crippen molar-refractivity contribution in [2.24, 2.45) is 0 Å². The summed E-state index contributed by atoms with van der Waals surface area (Å²) in [7, 11) is 0. The van der Waals surface area contributed by atoms with Crippen LogP contribution >= 0.6 is 15.9 Å². The van der Waals surface area contributed by atoms with E-state index in [9.17, 15) is 64.1 Å². The largest absolute Gasteiger partial charge is 0.464 e. The lowest BCUT2D eigenvalue weighted by molar-refractivity contribution is -0.159. The molecule has 2 atom stereocenters. The first-order valence-electron chi connectivity index (χ1n) is 30.9. The van der Waals surface area contributed by atoms with E-state index in [0.29, 0.717) is 53.3 Å². The van der Waals surface area contributed by atoms with Crippen molar-refractivity contribution in [2.75, 3.05) is 19.8 Å². The third-order valence-corrected chi connectivity index (χ3v) is 15.1. The molecule has 0 aliphatic heterocycles. The molecule has 17 nitrogen and oxygen atoms in total. The van der Waals surface area contributed by atoms with E-state index >= 15 is 0 Å². The second-order valence-electron chi connectivity index (χ2n) is 21.4. The maximum atomic E-state index is 12.7. The van der Waals surface area contributed by atoms with Gasteiger partial charge in [-0.05, 0) is 142 Å². The zero-order valence-electron chi connectivity index (χ0n) is 54.0. The monoisotopic (exact) mass is 1470 g/mol. The number of pyridine rings is 3. The maximum absolute atomic E-state index is 12.7. The van der Waals surface area contributed by atoms with Crippen LogP contribution in [0.3, 0.4) is 0 Å². The topological polar surface area (TPSA) is 211 Å². The number of esters is 3. The number of H-pyrrole nitrogens is 1. The van der Waals surface area contributed by atoms with Gasteiger partial charge in [-0.15, -0.1) is 0 Å². The summed E-state index contributed by atoms with van der Waals surface area (Å²) in [6.45, 7) is 5.92. The fourth-order valence-electron chi connectivity index (χ4n) is 9.70. The minimum absolute atomic E-state index is 0.00975. The molecule has 12 aromatic rings. The lowest BCUT2D eigenvalue weighted by Gasteiger charge is -2.15. The fraction of sp³-hybridized carbons (Fsp3) is 0.147. The molecule has 6 aromatic carbocycles. The molecule has 0 spiro atoms. The summed E-state index contributed by atoms with van der Waals surface area (Å²) >= 11 is 3.27. The Morgan fingerprint density at radius 2 is 0.873 bits per heavy atom. The van der Waals surface area contributed by atoms with Gasteiger partial charge in [0, 0.05) is 122 Å². The molecule has 0 unspecified atom stereocenters. The van der Waals surface area contributed by atoms with Crippen molar-refractivity contribution in [1.82, 2.24) is 29.1 Å². The summed E-state index contributed by atoms with van der Waals surface area (Å²) in [5, 5.41) is 23.6. The van der Waals surface area contributed by atoms with E-state index in [1.165, 1.54) is 24.3 Å². The zero-order chi connectivity index (χ0) is 73.1. The quantitative estimate of drug-likeness (QED) is 0.0316. The Morgan fingerprint density at radius 3 is 1.30 bits per heavy atom. The number of aromatic amines is 1. The molecule has 6 aromatic heterocycles. The average molecular weight is 1470 g/mol. The van der Waals surface area contributed by atoms with Gasteiger partial charge in [-0.2, -0.15) is 39.5 Å². The van der Waals surface area contributed by atoms with Gasteiger partial charge in [0.05, 0.1) is 47.5 Å². The molecule has 0 fully saturated rings. The number of rotatable bonds is 18. The number of aromatic nitrogens is 6. The molecular weight excluding hydrogens is 1410 g/mol. The number of ether oxygens (including phenoxy) is 6. The molecule has 0 aliphatic rings. The van der Waals surface area contributed by atoms with Crippen LogP contribution in [0.15, 0.2) is 236 Å². The van der Waals surface area contributed by atoms with Crippen molar-refractivity contribution < 1.29 is 92.5 Å². The van der Waals surface area contributed by atoms with Crippen molar-refractivity contribution in [2.45, 2.75) is 51.5 Å². The van der Waals surface area contributed by atoms with Gasteiger partial charge < -0.3 is 52.8 Å². The molecule has 0 saturated carbocycles. The number of nitrogens with one attached hydrogen (secondary N) is 1. The van der Waals surface area contributed by atoms with Gasteiger partial charge in [0.1, 0.15) is 23.4 Å². The van der Waals surface area contributed by atoms with Crippen LogP contribution < -0.4 is 14.2 Å².